The molecule has 114 valence electrons. The molecule has 0 bridgehead atoms. The van der Waals surface area contributed by atoms with Crippen LogP contribution in [0.4, 0.5) is 5.69 Å². The van der Waals surface area contributed by atoms with Crippen LogP contribution < -0.4 is 5.32 Å². The maximum atomic E-state index is 12.6. The molecule has 21 heavy (non-hydrogen) atoms. The first-order chi connectivity index (χ1) is 10.3. The number of likely N-dealkylation sites (tertiary alicyclic amines) is 1. The molecular formula is C18H26N2O. The summed E-state index contributed by atoms with van der Waals surface area (Å²) in [5.74, 6) is 0.182. The van der Waals surface area contributed by atoms with Crippen molar-refractivity contribution >= 4 is 11.6 Å². The van der Waals surface area contributed by atoms with Crippen molar-refractivity contribution in [2.24, 2.45) is 0 Å². The SMILES string of the molecule is CCCN1CCCCC1C(=O)Nc1ccc2c(c1)CCC2. The van der Waals surface area contributed by atoms with Gasteiger partial charge in [-0.05, 0) is 74.9 Å². The molecule has 1 aromatic rings. The lowest BCUT2D eigenvalue weighted by molar-refractivity contribution is -0.122. The Bertz CT molecular complexity index is 510. The second kappa shape index (κ2) is 6.61. The van der Waals surface area contributed by atoms with Crippen molar-refractivity contribution in [3.05, 3.63) is 29.3 Å². The van der Waals surface area contributed by atoms with Crippen LogP contribution in [0.3, 0.4) is 0 Å². The van der Waals surface area contributed by atoms with Crippen molar-refractivity contribution in [3.63, 3.8) is 0 Å². The lowest BCUT2D eigenvalue weighted by Crippen LogP contribution is -2.47. The van der Waals surface area contributed by atoms with E-state index in [0.717, 1.165) is 38.0 Å². The average Bonchev–Trinajstić information content (AvgIpc) is 2.95. The summed E-state index contributed by atoms with van der Waals surface area (Å²) in [6.07, 6.45) is 8.10. The Morgan fingerprint density at radius 3 is 2.95 bits per heavy atom. The van der Waals surface area contributed by atoms with Gasteiger partial charge in [-0.15, -0.1) is 0 Å². The molecule has 0 aromatic heterocycles. The average molecular weight is 286 g/mol. The number of anilines is 1. The Hall–Kier alpha value is -1.35. The van der Waals surface area contributed by atoms with Crippen LogP contribution in [0.1, 0.15) is 50.2 Å². The molecular weight excluding hydrogens is 260 g/mol. The molecule has 1 heterocycles. The molecule has 2 aliphatic rings. The molecule has 1 unspecified atom stereocenters. The van der Waals surface area contributed by atoms with E-state index in [1.54, 1.807) is 0 Å². The van der Waals surface area contributed by atoms with Crippen molar-refractivity contribution in [2.75, 3.05) is 18.4 Å². The van der Waals surface area contributed by atoms with Crippen LogP contribution >= 0.6 is 0 Å². The number of aryl methyl sites for hydroxylation is 2. The van der Waals surface area contributed by atoms with Gasteiger partial charge in [-0.25, -0.2) is 0 Å². The van der Waals surface area contributed by atoms with E-state index in [1.165, 1.54) is 36.8 Å². The van der Waals surface area contributed by atoms with Gasteiger partial charge in [0.05, 0.1) is 6.04 Å². The Morgan fingerprint density at radius 1 is 1.24 bits per heavy atom. The smallest absolute Gasteiger partial charge is 0.241 e. The topological polar surface area (TPSA) is 32.3 Å². The summed E-state index contributed by atoms with van der Waals surface area (Å²) in [7, 11) is 0. The second-order valence-corrected chi connectivity index (χ2v) is 6.37. The number of hydrogen-bond acceptors (Lipinski definition) is 2. The van der Waals surface area contributed by atoms with E-state index in [1.807, 2.05) is 0 Å². The van der Waals surface area contributed by atoms with Gasteiger partial charge in [-0.1, -0.05) is 19.4 Å². The number of carbonyl (C=O) groups excluding carboxylic acids is 1. The minimum atomic E-state index is 0.0620. The summed E-state index contributed by atoms with van der Waals surface area (Å²) in [6, 6.07) is 6.48. The van der Waals surface area contributed by atoms with E-state index in [4.69, 9.17) is 0 Å². The Labute approximate surface area is 127 Å². The van der Waals surface area contributed by atoms with Gasteiger partial charge in [0.25, 0.3) is 0 Å². The monoisotopic (exact) mass is 286 g/mol. The molecule has 0 saturated carbocycles. The molecule has 3 heteroatoms. The lowest BCUT2D eigenvalue weighted by atomic mass is 10.0. The number of fused-ring (bicyclic) bond motifs is 1. The van der Waals surface area contributed by atoms with Crippen molar-refractivity contribution in [1.29, 1.82) is 0 Å². The fourth-order valence-corrected chi connectivity index (χ4v) is 3.72. The van der Waals surface area contributed by atoms with Gasteiger partial charge in [-0.3, -0.25) is 9.69 Å². The Morgan fingerprint density at radius 2 is 2.10 bits per heavy atom. The first kappa shape index (κ1) is 14.6. The quantitative estimate of drug-likeness (QED) is 0.920. The highest BCUT2D eigenvalue weighted by molar-refractivity contribution is 5.95. The first-order valence-corrected chi connectivity index (χ1v) is 8.44. The molecule has 3 rings (SSSR count). The second-order valence-electron chi connectivity index (χ2n) is 6.37. The van der Waals surface area contributed by atoms with Crippen LogP contribution in [-0.2, 0) is 17.6 Å². The van der Waals surface area contributed by atoms with Crippen LogP contribution in [0.15, 0.2) is 18.2 Å². The molecule has 1 N–H and O–H groups in total. The molecule has 0 radical (unpaired) electrons. The van der Waals surface area contributed by atoms with Gasteiger partial charge in [-0.2, -0.15) is 0 Å². The predicted octanol–water partition coefficient (Wildman–Crippen LogP) is 3.38. The fourth-order valence-electron chi connectivity index (χ4n) is 3.72. The van der Waals surface area contributed by atoms with Crippen LogP contribution in [0.5, 0.6) is 0 Å². The maximum Gasteiger partial charge on any atom is 0.241 e. The highest BCUT2D eigenvalue weighted by Crippen LogP contribution is 2.25. The van der Waals surface area contributed by atoms with Gasteiger partial charge in [0, 0.05) is 5.69 Å². The summed E-state index contributed by atoms with van der Waals surface area (Å²) < 4.78 is 0. The highest BCUT2D eigenvalue weighted by Gasteiger charge is 2.28. The van der Waals surface area contributed by atoms with Crippen LogP contribution in [-0.4, -0.2) is 29.9 Å². The molecule has 1 saturated heterocycles. The number of hydrogen-bond donors (Lipinski definition) is 1. The molecule has 1 atom stereocenters. The number of rotatable bonds is 4. The summed E-state index contributed by atoms with van der Waals surface area (Å²) in [4.78, 5) is 15.0. The van der Waals surface area contributed by atoms with Crippen LogP contribution in [0.2, 0.25) is 0 Å². The number of benzene rings is 1. The minimum Gasteiger partial charge on any atom is -0.325 e. The first-order valence-electron chi connectivity index (χ1n) is 8.44. The summed E-state index contributed by atoms with van der Waals surface area (Å²) in [5.41, 5.74) is 3.85. The van der Waals surface area contributed by atoms with E-state index in [0.29, 0.717) is 0 Å². The van der Waals surface area contributed by atoms with E-state index >= 15 is 0 Å². The third kappa shape index (κ3) is 3.29. The van der Waals surface area contributed by atoms with Gasteiger partial charge < -0.3 is 5.32 Å². The largest absolute Gasteiger partial charge is 0.325 e. The molecule has 1 amide bonds. The van der Waals surface area contributed by atoms with Gasteiger partial charge in [0.1, 0.15) is 0 Å². The van der Waals surface area contributed by atoms with Gasteiger partial charge >= 0.3 is 0 Å². The third-order valence-electron chi connectivity index (χ3n) is 4.79. The third-order valence-corrected chi connectivity index (χ3v) is 4.79. The zero-order valence-corrected chi connectivity index (χ0v) is 13.0. The minimum absolute atomic E-state index is 0.0620. The summed E-state index contributed by atoms with van der Waals surface area (Å²) in [6.45, 7) is 4.28. The van der Waals surface area contributed by atoms with Crippen molar-refractivity contribution in [2.45, 2.75) is 57.9 Å². The van der Waals surface area contributed by atoms with E-state index in [-0.39, 0.29) is 11.9 Å². The van der Waals surface area contributed by atoms with Gasteiger partial charge in [0.15, 0.2) is 0 Å². The normalized spacial score (nSPS) is 22.0. The fraction of sp³-hybridized carbons (Fsp3) is 0.611. The molecule has 1 aliphatic heterocycles. The van der Waals surface area contributed by atoms with Crippen molar-refractivity contribution < 1.29 is 4.79 Å². The number of nitrogens with zero attached hydrogens (tertiary/aromatic N) is 1. The van der Waals surface area contributed by atoms with Crippen molar-refractivity contribution in [3.8, 4) is 0 Å². The van der Waals surface area contributed by atoms with E-state index in [9.17, 15) is 4.79 Å². The molecule has 1 fully saturated rings. The Kier molecular flexibility index (Phi) is 4.59. The maximum absolute atomic E-state index is 12.6. The predicted molar refractivity (Wildman–Crippen MR) is 86.6 cm³/mol. The molecule has 0 spiro atoms. The number of carbonyl (C=O) groups is 1. The molecule has 1 aliphatic carbocycles. The molecule has 3 nitrogen and oxygen atoms in total. The Balaban J connectivity index is 1.67. The zero-order chi connectivity index (χ0) is 14.7. The molecule has 1 aromatic carbocycles. The lowest BCUT2D eigenvalue weighted by Gasteiger charge is -2.34. The number of nitrogens with one attached hydrogen (secondary N) is 1. The van der Waals surface area contributed by atoms with E-state index < -0.39 is 0 Å². The number of piperidine rings is 1. The van der Waals surface area contributed by atoms with Crippen LogP contribution in [0.25, 0.3) is 0 Å². The number of amides is 1. The zero-order valence-electron chi connectivity index (χ0n) is 13.0. The summed E-state index contributed by atoms with van der Waals surface area (Å²) >= 11 is 0. The van der Waals surface area contributed by atoms with Crippen LogP contribution in [0, 0.1) is 0 Å². The van der Waals surface area contributed by atoms with E-state index in [2.05, 4.69) is 35.3 Å². The summed E-state index contributed by atoms with van der Waals surface area (Å²) in [5, 5.41) is 3.15. The standard InChI is InChI=1S/C18H26N2O/c1-2-11-20-12-4-3-8-17(20)18(21)19-16-10-9-14-6-5-7-15(14)13-16/h9-10,13,17H,2-8,11-12H2,1H3,(H,19,21). The van der Waals surface area contributed by atoms with Crippen molar-refractivity contribution in [1.82, 2.24) is 4.90 Å². The highest BCUT2D eigenvalue weighted by atomic mass is 16.2. The van der Waals surface area contributed by atoms with Gasteiger partial charge in [0.2, 0.25) is 5.91 Å².